The Labute approximate surface area is 211 Å². The molecule has 6 rings (SSSR count). The summed E-state index contributed by atoms with van der Waals surface area (Å²) in [7, 11) is 0. The first kappa shape index (κ1) is 21.9. The minimum Gasteiger partial charge on any atom is -0.486 e. The first-order chi connectivity index (χ1) is 16.5. The zero-order chi connectivity index (χ0) is 23.3. The highest BCUT2D eigenvalue weighted by Gasteiger charge is 2.46. The highest BCUT2D eigenvalue weighted by Crippen LogP contribution is 2.44. The minimum atomic E-state index is -0.350. The second-order valence-corrected chi connectivity index (χ2v) is 10.9. The predicted molar refractivity (Wildman–Crippen MR) is 137 cm³/mol. The number of anilines is 1. The van der Waals surface area contributed by atoms with Gasteiger partial charge >= 0.3 is 0 Å². The van der Waals surface area contributed by atoms with Crippen molar-refractivity contribution in [1.29, 1.82) is 0 Å². The van der Waals surface area contributed by atoms with E-state index in [1.54, 1.807) is 12.4 Å². The molecule has 174 valence electrons. The predicted octanol–water partition coefficient (Wildman–Crippen LogP) is 5.81. The molecule has 10 heteroatoms. The number of halogens is 2. The van der Waals surface area contributed by atoms with E-state index in [-0.39, 0.29) is 6.10 Å². The molecule has 5 heterocycles. The van der Waals surface area contributed by atoms with Gasteiger partial charge in [0.05, 0.1) is 15.6 Å². The summed E-state index contributed by atoms with van der Waals surface area (Å²) in [4.78, 5) is 15.5. The van der Waals surface area contributed by atoms with E-state index in [9.17, 15) is 0 Å². The average Bonchev–Trinajstić information content (AvgIpc) is 3.46. The van der Waals surface area contributed by atoms with Crippen LogP contribution >= 0.6 is 35.0 Å². The number of H-pyrrole nitrogens is 1. The fourth-order valence-corrected chi connectivity index (χ4v) is 6.92. The summed E-state index contributed by atoms with van der Waals surface area (Å²) < 4.78 is 6.17. The third-order valence-corrected chi connectivity index (χ3v) is 8.49. The van der Waals surface area contributed by atoms with Crippen molar-refractivity contribution < 1.29 is 4.74 Å². The average molecular weight is 513 g/mol. The van der Waals surface area contributed by atoms with Crippen LogP contribution in [0.1, 0.15) is 25.0 Å². The van der Waals surface area contributed by atoms with Crippen molar-refractivity contribution in [3.05, 3.63) is 58.6 Å². The van der Waals surface area contributed by atoms with E-state index in [0.29, 0.717) is 26.8 Å². The molecule has 0 bridgehead atoms. The topological polar surface area (TPSA) is 79.8 Å². The van der Waals surface area contributed by atoms with Crippen LogP contribution in [0.5, 0.6) is 5.75 Å². The second-order valence-electron chi connectivity index (χ2n) is 8.99. The van der Waals surface area contributed by atoms with E-state index >= 15 is 0 Å². The van der Waals surface area contributed by atoms with Gasteiger partial charge in [0.2, 0.25) is 5.95 Å². The van der Waals surface area contributed by atoms with Crippen molar-refractivity contribution in [1.82, 2.24) is 25.1 Å². The van der Waals surface area contributed by atoms with Crippen LogP contribution in [0.15, 0.2) is 43.0 Å². The number of nitrogens with zero attached hydrogens (tertiary/aromatic N) is 5. The molecule has 4 aromatic rings. The van der Waals surface area contributed by atoms with E-state index in [1.165, 1.54) is 17.9 Å². The standard InChI is InChI=1S/C24H22Cl2N6OS/c1-14(21-18(25)9-27-10-19(21)26)33-16-2-3-20-17(6-16)22(31-30-20)15-7-28-23(29-8-15)32-11-24(12-32)4-5-34-13-24/h2-3,6-10,14H,4-5,11-13H2,1H3,(H,30,31)/t14-/m1/s1. The molecule has 0 aliphatic carbocycles. The molecule has 7 nitrogen and oxygen atoms in total. The maximum atomic E-state index is 6.30. The van der Waals surface area contributed by atoms with Gasteiger partial charge in [-0.15, -0.1) is 0 Å². The van der Waals surface area contributed by atoms with Gasteiger partial charge in [-0.3, -0.25) is 10.1 Å². The molecule has 3 aromatic heterocycles. The molecule has 0 radical (unpaired) electrons. The summed E-state index contributed by atoms with van der Waals surface area (Å²) in [6.45, 7) is 4.01. The maximum absolute atomic E-state index is 6.30. The molecule has 34 heavy (non-hydrogen) atoms. The lowest BCUT2D eigenvalue weighted by Gasteiger charge is -2.47. The Bertz CT molecular complexity index is 1330. The molecular weight excluding hydrogens is 491 g/mol. The lowest BCUT2D eigenvalue weighted by molar-refractivity contribution is 0.227. The van der Waals surface area contributed by atoms with Gasteiger partial charge in [-0.25, -0.2) is 9.97 Å². The molecule has 0 unspecified atom stereocenters. The number of hydrogen-bond acceptors (Lipinski definition) is 7. The fraction of sp³-hybridized carbons (Fsp3) is 0.333. The molecule has 2 aliphatic rings. The SMILES string of the molecule is C[C@@H](Oc1ccc2[nH]nc(-c3cnc(N4CC5(CCSC5)C4)nc3)c2c1)c1c(Cl)cncc1Cl. The molecule has 2 aliphatic heterocycles. The largest absolute Gasteiger partial charge is 0.486 e. The zero-order valence-electron chi connectivity index (χ0n) is 18.5. The van der Waals surface area contributed by atoms with Gasteiger partial charge in [0.1, 0.15) is 17.5 Å². The lowest BCUT2D eigenvalue weighted by Crippen LogP contribution is -2.57. The maximum Gasteiger partial charge on any atom is 0.225 e. The van der Waals surface area contributed by atoms with E-state index in [4.69, 9.17) is 27.9 Å². The smallest absolute Gasteiger partial charge is 0.225 e. The second kappa shape index (κ2) is 8.59. The number of aromatic amines is 1. The van der Waals surface area contributed by atoms with Crippen molar-refractivity contribution in [3.8, 4) is 17.0 Å². The monoisotopic (exact) mass is 512 g/mol. The van der Waals surface area contributed by atoms with Crippen LogP contribution in [-0.4, -0.2) is 49.7 Å². The normalized spacial score (nSPS) is 17.8. The van der Waals surface area contributed by atoms with Crippen molar-refractivity contribution in [3.63, 3.8) is 0 Å². The Balaban J connectivity index is 1.23. The first-order valence-corrected chi connectivity index (χ1v) is 13.0. The van der Waals surface area contributed by atoms with Crippen LogP contribution in [0.4, 0.5) is 5.95 Å². The third-order valence-electron chi connectivity index (χ3n) is 6.58. The summed E-state index contributed by atoms with van der Waals surface area (Å²) in [6, 6.07) is 5.79. The Kier molecular flexibility index (Phi) is 5.54. The molecule has 1 aromatic carbocycles. The Morgan fingerprint density at radius 1 is 1.12 bits per heavy atom. The third kappa shape index (κ3) is 3.87. The van der Waals surface area contributed by atoms with Gasteiger partial charge in [-0.2, -0.15) is 16.9 Å². The van der Waals surface area contributed by atoms with E-state index in [0.717, 1.165) is 41.2 Å². The van der Waals surface area contributed by atoms with Crippen LogP contribution in [0.2, 0.25) is 10.0 Å². The number of ether oxygens (including phenoxy) is 1. The first-order valence-electron chi connectivity index (χ1n) is 11.1. The summed E-state index contributed by atoms with van der Waals surface area (Å²) in [5.41, 5.74) is 3.73. The molecule has 0 amide bonds. The van der Waals surface area contributed by atoms with Crippen molar-refractivity contribution in [2.24, 2.45) is 5.41 Å². The fourth-order valence-electron chi connectivity index (χ4n) is 4.77. The summed E-state index contributed by atoms with van der Waals surface area (Å²) in [5.74, 6) is 4.00. The number of pyridine rings is 1. The van der Waals surface area contributed by atoms with Crippen molar-refractivity contribution >= 4 is 51.8 Å². The van der Waals surface area contributed by atoms with Gasteiger partial charge in [-0.1, -0.05) is 23.2 Å². The number of rotatable bonds is 5. The summed E-state index contributed by atoms with van der Waals surface area (Å²) in [5, 5.41) is 9.47. The molecule has 1 atom stereocenters. The highest BCUT2D eigenvalue weighted by atomic mass is 35.5. The van der Waals surface area contributed by atoms with E-state index < -0.39 is 0 Å². The minimum absolute atomic E-state index is 0.350. The quantitative estimate of drug-likeness (QED) is 0.361. The number of nitrogens with one attached hydrogen (secondary N) is 1. The van der Waals surface area contributed by atoms with Gasteiger partial charge in [0, 0.05) is 65.6 Å². The molecule has 1 N–H and O–H groups in total. The number of fused-ring (bicyclic) bond motifs is 1. The van der Waals surface area contributed by atoms with Crippen LogP contribution in [0.3, 0.4) is 0 Å². The van der Waals surface area contributed by atoms with Gasteiger partial charge in [0.15, 0.2) is 0 Å². The van der Waals surface area contributed by atoms with Crippen molar-refractivity contribution in [2.45, 2.75) is 19.4 Å². The van der Waals surface area contributed by atoms with Gasteiger partial charge in [0.25, 0.3) is 0 Å². The molecular formula is C24H22Cl2N6OS. The number of hydrogen-bond donors (Lipinski definition) is 1. The number of benzene rings is 1. The zero-order valence-corrected chi connectivity index (χ0v) is 20.8. The molecule has 0 saturated carbocycles. The van der Waals surface area contributed by atoms with Gasteiger partial charge in [-0.05, 0) is 37.3 Å². The molecule has 2 fully saturated rings. The number of aromatic nitrogens is 5. The van der Waals surface area contributed by atoms with Crippen molar-refractivity contribution in [2.75, 3.05) is 29.5 Å². The van der Waals surface area contributed by atoms with E-state index in [1.807, 2.05) is 37.5 Å². The highest BCUT2D eigenvalue weighted by molar-refractivity contribution is 7.99. The van der Waals surface area contributed by atoms with E-state index in [2.05, 4.69) is 41.8 Å². The van der Waals surface area contributed by atoms with Crippen LogP contribution in [0.25, 0.3) is 22.2 Å². The molecule has 1 spiro atoms. The molecule has 2 saturated heterocycles. The lowest BCUT2D eigenvalue weighted by atomic mass is 9.80. The van der Waals surface area contributed by atoms with Crippen LogP contribution in [-0.2, 0) is 0 Å². The van der Waals surface area contributed by atoms with Crippen LogP contribution < -0.4 is 9.64 Å². The Morgan fingerprint density at radius 2 is 1.88 bits per heavy atom. The Morgan fingerprint density at radius 3 is 2.59 bits per heavy atom. The summed E-state index contributed by atoms with van der Waals surface area (Å²) >= 11 is 14.7. The van der Waals surface area contributed by atoms with Crippen LogP contribution in [0, 0.1) is 5.41 Å². The Hall–Kier alpha value is -2.55. The number of thioether (sulfide) groups is 1. The van der Waals surface area contributed by atoms with Gasteiger partial charge < -0.3 is 9.64 Å². The summed E-state index contributed by atoms with van der Waals surface area (Å²) in [6.07, 6.45) is 7.77.